The Morgan fingerprint density at radius 1 is 1.27 bits per heavy atom. The van der Waals surface area contributed by atoms with Gasteiger partial charge in [0.25, 0.3) is 0 Å². The van der Waals surface area contributed by atoms with Crippen molar-refractivity contribution in [2.75, 3.05) is 13.2 Å². The molecule has 0 radical (unpaired) electrons. The first-order valence-corrected chi connectivity index (χ1v) is 11.1. The minimum absolute atomic E-state index is 0.0599. The third kappa shape index (κ3) is 4.17. The Labute approximate surface area is 182 Å². The van der Waals surface area contributed by atoms with Crippen LogP contribution in [0.1, 0.15) is 50.0 Å². The van der Waals surface area contributed by atoms with Crippen molar-refractivity contribution in [1.29, 1.82) is 0 Å². The number of aromatic nitrogens is 2. The molecule has 1 aliphatic heterocycles. The number of carbonyl (C=O) groups excluding carboxylic acids is 1. The number of rotatable bonds is 7. The van der Waals surface area contributed by atoms with Gasteiger partial charge in [0, 0.05) is 24.5 Å². The van der Waals surface area contributed by atoms with Crippen LogP contribution in [0.4, 0.5) is 0 Å². The van der Waals surface area contributed by atoms with Gasteiger partial charge in [-0.15, -0.1) is 0 Å². The lowest BCUT2D eigenvalue weighted by Gasteiger charge is -2.25. The Morgan fingerprint density at radius 2 is 2.10 bits per heavy atom. The third-order valence-electron chi connectivity index (χ3n) is 5.78. The fourth-order valence-electron chi connectivity index (χ4n) is 4.24. The van der Waals surface area contributed by atoms with Crippen LogP contribution in [0.15, 0.2) is 42.5 Å². The molecule has 0 spiro atoms. The third-order valence-corrected chi connectivity index (χ3v) is 6.21. The molecule has 158 valence electrons. The van der Waals surface area contributed by atoms with Gasteiger partial charge in [0.2, 0.25) is 5.91 Å². The van der Waals surface area contributed by atoms with E-state index in [-0.39, 0.29) is 11.9 Å². The van der Waals surface area contributed by atoms with E-state index in [9.17, 15) is 4.79 Å². The second-order valence-electron chi connectivity index (χ2n) is 7.82. The second kappa shape index (κ2) is 9.09. The van der Waals surface area contributed by atoms with Gasteiger partial charge in [-0.1, -0.05) is 30.7 Å². The fraction of sp³-hybridized carbons (Fsp3) is 0.417. The molecular formula is C24H28ClN3O2. The normalized spacial score (nSPS) is 16.4. The molecule has 1 unspecified atom stereocenters. The highest BCUT2D eigenvalue weighted by molar-refractivity contribution is 6.31. The highest BCUT2D eigenvalue weighted by Crippen LogP contribution is 2.34. The van der Waals surface area contributed by atoms with Crippen molar-refractivity contribution in [2.45, 2.75) is 52.1 Å². The minimum Gasteiger partial charge on any atom is -0.494 e. The predicted octanol–water partition coefficient (Wildman–Crippen LogP) is 5.54. The number of carbonyl (C=O) groups is 1. The highest BCUT2D eigenvalue weighted by Gasteiger charge is 2.32. The van der Waals surface area contributed by atoms with Crippen LogP contribution >= 0.6 is 11.6 Å². The summed E-state index contributed by atoms with van der Waals surface area (Å²) < 4.78 is 8.21. The average Bonchev–Trinajstić information content (AvgIpc) is 3.38. The lowest BCUT2D eigenvalue weighted by molar-refractivity contribution is -0.131. The first-order chi connectivity index (χ1) is 14.6. The topological polar surface area (TPSA) is 47.4 Å². The summed E-state index contributed by atoms with van der Waals surface area (Å²) >= 11 is 6.10. The lowest BCUT2D eigenvalue weighted by atomic mass is 10.2. The summed E-state index contributed by atoms with van der Waals surface area (Å²) in [5.74, 6) is 2.04. The highest BCUT2D eigenvalue weighted by atomic mass is 35.5. The van der Waals surface area contributed by atoms with E-state index in [0.717, 1.165) is 65.5 Å². The van der Waals surface area contributed by atoms with Crippen molar-refractivity contribution in [2.24, 2.45) is 0 Å². The molecule has 1 amide bonds. The van der Waals surface area contributed by atoms with Crippen LogP contribution in [0.3, 0.4) is 0 Å². The number of amides is 1. The molecule has 1 saturated heterocycles. The van der Waals surface area contributed by atoms with E-state index in [2.05, 4.69) is 10.6 Å². The maximum absolute atomic E-state index is 12.5. The first kappa shape index (κ1) is 20.7. The molecule has 0 aliphatic carbocycles. The molecule has 4 rings (SSSR count). The number of likely N-dealkylation sites (tertiary alicyclic amines) is 1. The zero-order chi connectivity index (χ0) is 21.1. The summed E-state index contributed by atoms with van der Waals surface area (Å²) in [6.45, 7) is 6.13. The quantitative estimate of drug-likeness (QED) is 0.467. The van der Waals surface area contributed by atoms with Gasteiger partial charge in [0.1, 0.15) is 11.6 Å². The Hall–Kier alpha value is -2.53. The predicted molar refractivity (Wildman–Crippen MR) is 120 cm³/mol. The molecule has 30 heavy (non-hydrogen) atoms. The van der Waals surface area contributed by atoms with Gasteiger partial charge < -0.3 is 14.2 Å². The van der Waals surface area contributed by atoms with Gasteiger partial charge in [-0.25, -0.2) is 4.98 Å². The number of aryl methyl sites for hydroxylation is 2. The molecule has 1 fully saturated rings. The molecule has 5 nitrogen and oxygen atoms in total. The van der Waals surface area contributed by atoms with E-state index >= 15 is 0 Å². The molecular weight excluding hydrogens is 398 g/mol. The molecule has 1 aliphatic rings. The zero-order valence-corrected chi connectivity index (χ0v) is 18.4. The van der Waals surface area contributed by atoms with Crippen LogP contribution in [0.25, 0.3) is 11.0 Å². The standard InChI is InChI=1S/C24H28ClN3O2/c1-3-23(29)27-13-6-10-22(27)24-26-20-8-4-5-9-21(20)28(24)14-7-15-30-18-11-12-19(25)17(2)16-18/h4-5,8-9,11-12,16,22H,3,6-7,10,13-15H2,1-2H3. The number of hydrogen-bond donors (Lipinski definition) is 0. The Kier molecular flexibility index (Phi) is 6.28. The average molecular weight is 426 g/mol. The number of hydrogen-bond acceptors (Lipinski definition) is 3. The van der Waals surface area contributed by atoms with E-state index < -0.39 is 0 Å². The van der Waals surface area contributed by atoms with Crippen LogP contribution in [0, 0.1) is 6.92 Å². The molecule has 1 atom stereocenters. The van der Waals surface area contributed by atoms with Gasteiger partial charge >= 0.3 is 0 Å². The van der Waals surface area contributed by atoms with Gasteiger partial charge in [-0.3, -0.25) is 4.79 Å². The number of benzene rings is 2. The van der Waals surface area contributed by atoms with Crippen molar-refractivity contribution in [3.05, 3.63) is 58.9 Å². The van der Waals surface area contributed by atoms with Crippen molar-refractivity contribution in [3.8, 4) is 5.75 Å². The summed E-state index contributed by atoms with van der Waals surface area (Å²) in [5, 5.41) is 0.750. The van der Waals surface area contributed by atoms with Crippen LogP contribution in [0.5, 0.6) is 5.75 Å². The molecule has 3 aromatic rings. The van der Waals surface area contributed by atoms with Gasteiger partial charge in [-0.05, 0) is 62.1 Å². The van der Waals surface area contributed by atoms with E-state index in [0.29, 0.717) is 13.0 Å². The molecule has 0 N–H and O–H groups in total. The fourth-order valence-corrected chi connectivity index (χ4v) is 4.36. The van der Waals surface area contributed by atoms with Crippen LogP contribution in [-0.2, 0) is 11.3 Å². The van der Waals surface area contributed by atoms with Crippen LogP contribution in [0.2, 0.25) is 5.02 Å². The summed E-state index contributed by atoms with van der Waals surface area (Å²) in [5.41, 5.74) is 3.11. The Bertz CT molecular complexity index is 1050. The molecule has 1 aromatic heterocycles. The summed E-state index contributed by atoms with van der Waals surface area (Å²) in [6, 6.07) is 14.0. The molecule has 0 saturated carbocycles. The van der Waals surface area contributed by atoms with E-state index in [1.54, 1.807) is 0 Å². The van der Waals surface area contributed by atoms with E-state index in [1.165, 1.54) is 0 Å². The number of ether oxygens (including phenoxy) is 1. The van der Waals surface area contributed by atoms with Crippen LogP contribution in [-0.4, -0.2) is 33.5 Å². The van der Waals surface area contributed by atoms with Gasteiger partial charge in [-0.2, -0.15) is 0 Å². The maximum Gasteiger partial charge on any atom is 0.222 e. The Morgan fingerprint density at radius 3 is 2.90 bits per heavy atom. The van der Waals surface area contributed by atoms with Gasteiger partial charge in [0.05, 0.1) is 23.7 Å². The minimum atomic E-state index is 0.0599. The van der Waals surface area contributed by atoms with Gasteiger partial charge in [0.15, 0.2) is 0 Å². The summed E-state index contributed by atoms with van der Waals surface area (Å²) in [6.07, 6.45) is 3.38. The number of nitrogens with zero attached hydrogens (tertiary/aromatic N) is 3. The van der Waals surface area contributed by atoms with Crippen molar-refractivity contribution in [3.63, 3.8) is 0 Å². The number of imidazole rings is 1. The number of halogens is 1. The number of para-hydroxylation sites is 2. The summed E-state index contributed by atoms with van der Waals surface area (Å²) in [7, 11) is 0. The molecule has 2 heterocycles. The molecule has 0 bridgehead atoms. The monoisotopic (exact) mass is 425 g/mol. The van der Waals surface area contributed by atoms with Crippen molar-refractivity contribution in [1.82, 2.24) is 14.5 Å². The smallest absolute Gasteiger partial charge is 0.222 e. The van der Waals surface area contributed by atoms with E-state index in [1.807, 2.05) is 55.1 Å². The van der Waals surface area contributed by atoms with E-state index in [4.69, 9.17) is 21.3 Å². The second-order valence-corrected chi connectivity index (χ2v) is 8.23. The number of fused-ring (bicyclic) bond motifs is 1. The van der Waals surface area contributed by atoms with Crippen molar-refractivity contribution >= 4 is 28.5 Å². The molecule has 2 aromatic carbocycles. The van der Waals surface area contributed by atoms with Crippen LogP contribution < -0.4 is 4.74 Å². The molecule has 6 heteroatoms. The lowest BCUT2D eigenvalue weighted by Crippen LogP contribution is -2.31. The zero-order valence-electron chi connectivity index (χ0n) is 17.6. The largest absolute Gasteiger partial charge is 0.494 e. The maximum atomic E-state index is 12.5. The first-order valence-electron chi connectivity index (χ1n) is 10.7. The SMILES string of the molecule is CCC(=O)N1CCCC1c1nc2ccccc2n1CCCOc1ccc(Cl)c(C)c1. The van der Waals surface area contributed by atoms with Crippen molar-refractivity contribution < 1.29 is 9.53 Å². The Balaban J connectivity index is 1.52. The summed E-state index contributed by atoms with van der Waals surface area (Å²) in [4.78, 5) is 19.4.